The van der Waals surface area contributed by atoms with Crippen molar-refractivity contribution in [1.82, 2.24) is 10.6 Å². The number of halogens is 1. The van der Waals surface area contributed by atoms with Crippen molar-refractivity contribution in [2.24, 2.45) is 5.92 Å². The average Bonchev–Trinajstić information content (AvgIpc) is 2.70. The monoisotopic (exact) mass is 371 g/mol. The van der Waals surface area contributed by atoms with E-state index in [4.69, 9.17) is 4.74 Å². The Kier molecular flexibility index (Phi) is 6.29. The van der Waals surface area contributed by atoms with E-state index in [0.717, 1.165) is 37.1 Å². The Labute approximate surface area is 159 Å². The van der Waals surface area contributed by atoms with Crippen LogP contribution in [-0.4, -0.2) is 32.9 Å². The maximum Gasteiger partial charge on any atom is 0.322 e. The summed E-state index contributed by atoms with van der Waals surface area (Å²) < 4.78 is 18.2. The molecule has 0 spiro atoms. The molecule has 2 amide bonds. The van der Waals surface area contributed by atoms with Crippen LogP contribution in [0.15, 0.2) is 48.5 Å². The van der Waals surface area contributed by atoms with Gasteiger partial charge < -0.3 is 10.1 Å². The number of nitrogens with one attached hydrogen (secondary N) is 2. The Bertz CT molecular complexity index is 758. The summed E-state index contributed by atoms with van der Waals surface area (Å²) in [4.78, 5) is 14.1. The van der Waals surface area contributed by atoms with Gasteiger partial charge >= 0.3 is 6.03 Å². The largest absolute Gasteiger partial charge is 0.497 e. The fourth-order valence-electron chi connectivity index (χ4n) is 3.35. The minimum absolute atomic E-state index is 0.0463. The Balaban J connectivity index is 1.48. The molecule has 6 heteroatoms. The molecular weight excluding hydrogens is 345 g/mol. The first-order valence-electron chi connectivity index (χ1n) is 9.21. The minimum Gasteiger partial charge on any atom is -0.497 e. The summed E-state index contributed by atoms with van der Waals surface area (Å²) in [5.74, 6) is 0.995. The van der Waals surface area contributed by atoms with Crippen LogP contribution in [0.4, 0.5) is 14.9 Å². The van der Waals surface area contributed by atoms with Crippen LogP contribution in [0.3, 0.4) is 0 Å². The second-order valence-electron chi connectivity index (χ2n) is 6.94. The number of methoxy groups -OCH3 is 1. The smallest absolute Gasteiger partial charge is 0.322 e. The standard InChI is InChI=1S/C21H26FN3O2/c1-25(18-4-3-5-19(13-18)27-2)21(26)24-20-11-8-16(14-23-20)12-15-6-9-17(22)10-7-15/h3-7,9-10,13,16,20,23H,8,11-12,14H2,1-2H3,(H,24,26)/t16-,20+/m1/s1. The van der Waals surface area contributed by atoms with Gasteiger partial charge in [0.25, 0.3) is 0 Å². The number of carbonyl (C=O) groups is 1. The van der Waals surface area contributed by atoms with Crippen LogP contribution >= 0.6 is 0 Å². The van der Waals surface area contributed by atoms with Gasteiger partial charge in [0.2, 0.25) is 0 Å². The zero-order valence-electron chi connectivity index (χ0n) is 15.7. The van der Waals surface area contributed by atoms with E-state index in [9.17, 15) is 9.18 Å². The van der Waals surface area contributed by atoms with Gasteiger partial charge in [-0.3, -0.25) is 10.2 Å². The van der Waals surface area contributed by atoms with Crippen LogP contribution in [0, 0.1) is 11.7 Å². The van der Waals surface area contributed by atoms with Gasteiger partial charge in [-0.25, -0.2) is 9.18 Å². The van der Waals surface area contributed by atoms with Crippen molar-refractivity contribution in [2.75, 3.05) is 25.6 Å². The number of ether oxygens (including phenoxy) is 1. The van der Waals surface area contributed by atoms with Crippen molar-refractivity contribution in [2.45, 2.75) is 25.4 Å². The minimum atomic E-state index is -0.205. The van der Waals surface area contributed by atoms with E-state index in [0.29, 0.717) is 11.7 Å². The summed E-state index contributed by atoms with van der Waals surface area (Å²) in [6, 6.07) is 13.9. The third-order valence-electron chi connectivity index (χ3n) is 5.00. The molecule has 2 N–H and O–H groups in total. The number of urea groups is 1. The van der Waals surface area contributed by atoms with Gasteiger partial charge in [0, 0.05) is 25.3 Å². The van der Waals surface area contributed by atoms with Crippen molar-refractivity contribution in [3.05, 3.63) is 59.9 Å². The van der Waals surface area contributed by atoms with E-state index in [1.807, 2.05) is 36.4 Å². The summed E-state index contributed by atoms with van der Waals surface area (Å²) in [5.41, 5.74) is 1.92. The zero-order chi connectivity index (χ0) is 19.2. The van der Waals surface area contributed by atoms with Crippen LogP contribution in [0.5, 0.6) is 5.75 Å². The van der Waals surface area contributed by atoms with E-state index in [-0.39, 0.29) is 18.0 Å². The first-order valence-corrected chi connectivity index (χ1v) is 9.21. The number of amides is 2. The summed E-state index contributed by atoms with van der Waals surface area (Å²) in [5, 5.41) is 6.44. The van der Waals surface area contributed by atoms with Crippen molar-refractivity contribution < 1.29 is 13.9 Å². The molecule has 1 heterocycles. The van der Waals surface area contributed by atoms with Crippen molar-refractivity contribution in [3.8, 4) is 5.75 Å². The van der Waals surface area contributed by atoms with E-state index in [1.54, 1.807) is 19.1 Å². The number of piperidine rings is 1. The highest BCUT2D eigenvalue weighted by Gasteiger charge is 2.23. The molecule has 2 aromatic rings. The molecular formula is C21H26FN3O2. The average molecular weight is 371 g/mol. The quantitative estimate of drug-likeness (QED) is 0.845. The molecule has 27 heavy (non-hydrogen) atoms. The lowest BCUT2D eigenvalue weighted by molar-refractivity contribution is 0.228. The molecule has 0 aromatic heterocycles. The number of nitrogens with zero attached hydrogens (tertiary/aromatic N) is 1. The summed E-state index contributed by atoms with van der Waals surface area (Å²) in [6.07, 6.45) is 2.74. The van der Waals surface area contributed by atoms with Gasteiger partial charge in [0.15, 0.2) is 0 Å². The Morgan fingerprint density at radius 3 is 2.70 bits per heavy atom. The molecule has 2 aromatic carbocycles. The van der Waals surface area contributed by atoms with E-state index < -0.39 is 0 Å². The third-order valence-corrected chi connectivity index (χ3v) is 5.00. The molecule has 1 aliphatic rings. The topological polar surface area (TPSA) is 53.6 Å². The Morgan fingerprint density at radius 2 is 2.04 bits per heavy atom. The maximum absolute atomic E-state index is 13.0. The van der Waals surface area contributed by atoms with Gasteiger partial charge in [0.05, 0.1) is 13.3 Å². The normalized spacial score (nSPS) is 19.4. The Morgan fingerprint density at radius 1 is 1.26 bits per heavy atom. The van der Waals surface area contributed by atoms with Crippen LogP contribution in [0.2, 0.25) is 0 Å². The number of carbonyl (C=O) groups excluding carboxylic acids is 1. The molecule has 3 rings (SSSR count). The highest BCUT2D eigenvalue weighted by atomic mass is 19.1. The molecule has 0 radical (unpaired) electrons. The molecule has 0 bridgehead atoms. The molecule has 0 aliphatic carbocycles. The number of hydrogen-bond acceptors (Lipinski definition) is 3. The highest BCUT2D eigenvalue weighted by Crippen LogP contribution is 2.21. The summed E-state index contributed by atoms with van der Waals surface area (Å²) in [7, 11) is 3.35. The van der Waals surface area contributed by atoms with Crippen LogP contribution in [0.1, 0.15) is 18.4 Å². The summed E-state index contributed by atoms with van der Waals surface area (Å²) in [6.45, 7) is 0.825. The van der Waals surface area contributed by atoms with Crippen molar-refractivity contribution in [1.29, 1.82) is 0 Å². The second kappa shape index (κ2) is 8.86. The number of hydrogen-bond donors (Lipinski definition) is 2. The van der Waals surface area contributed by atoms with Gasteiger partial charge in [-0.2, -0.15) is 0 Å². The molecule has 1 fully saturated rings. The SMILES string of the molecule is COc1cccc(N(C)C(=O)N[C@H]2CC[C@H](Cc3ccc(F)cc3)CN2)c1. The van der Waals surface area contributed by atoms with Gasteiger partial charge in [-0.15, -0.1) is 0 Å². The molecule has 1 aliphatic heterocycles. The van der Waals surface area contributed by atoms with Crippen LogP contribution in [0.25, 0.3) is 0 Å². The summed E-state index contributed by atoms with van der Waals surface area (Å²) >= 11 is 0. The number of rotatable bonds is 5. The van der Waals surface area contributed by atoms with Gasteiger partial charge in [-0.1, -0.05) is 18.2 Å². The van der Waals surface area contributed by atoms with Gasteiger partial charge in [0.1, 0.15) is 11.6 Å². The lowest BCUT2D eigenvalue weighted by atomic mass is 9.91. The molecule has 144 valence electrons. The van der Waals surface area contributed by atoms with E-state index in [2.05, 4.69) is 10.6 Å². The maximum atomic E-state index is 13.0. The molecule has 0 saturated carbocycles. The first kappa shape index (κ1) is 19.2. The van der Waals surface area contributed by atoms with E-state index >= 15 is 0 Å². The lowest BCUT2D eigenvalue weighted by Gasteiger charge is -2.32. The fourth-order valence-corrected chi connectivity index (χ4v) is 3.35. The predicted octanol–water partition coefficient (Wildman–Crippen LogP) is 3.55. The highest BCUT2D eigenvalue weighted by molar-refractivity contribution is 5.91. The molecule has 5 nitrogen and oxygen atoms in total. The number of benzene rings is 2. The second-order valence-corrected chi connectivity index (χ2v) is 6.94. The van der Waals surface area contributed by atoms with Crippen LogP contribution < -0.4 is 20.3 Å². The predicted molar refractivity (Wildman–Crippen MR) is 105 cm³/mol. The van der Waals surface area contributed by atoms with Gasteiger partial charge in [-0.05, 0) is 55.0 Å². The van der Waals surface area contributed by atoms with E-state index in [1.165, 1.54) is 12.1 Å². The molecule has 0 unspecified atom stereocenters. The number of anilines is 1. The molecule has 1 saturated heterocycles. The van der Waals surface area contributed by atoms with Crippen molar-refractivity contribution >= 4 is 11.7 Å². The lowest BCUT2D eigenvalue weighted by Crippen LogP contribution is -2.53. The fraction of sp³-hybridized carbons (Fsp3) is 0.381. The zero-order valence-corrected chi connectivity index (χ0v) is 15.7. The van der Waals surface area contributed by atoms with Crippen molar-refractivity contribution in [3.63, 3.8) is 0 Å². The van der Waals surface area contributed by atoms with Crippen LogP contribution in [-0.2, 0) is 6.42 Å². The third kappa shape index (κ3) is 5.20. The first-order chi connectivity index (χ1) is 13.0. The Hall–Kier alpha value is -2.60. The molecule has 2 atom stereocenters.